The summed E-state index contributed by atoms with van der Waals surface area (Å²) in [6, 6.07) is 0. The third-order valence-electron chi connectivity index (χ3n) is 2.45. The highest BCUT2D eigenvalue weighted by atomic mass is 28.3. The van der Waals surface area contributed by atoms with Crippen LogP contribution < -0.4 is 0 Å². The zero-order valence-corrected chi connectivity index (χ0v) is 9.21. The lowest BCUT2D eigenvalue weighted by Gasteiger charge is -2.40. The van der Waals surface area contributed by atoms with Crippen molar-refractivity contribution >= 4 is 8.24 Å². The maximum Gasteiger partial charge on any atom is 0.138 e. The van der Waals surface area contributed by atoms with E-state index in [-0.39, 0.29) is 6.17 Å². The van der Waals surface area contributed by atoms with Gasteiger partial charge in [-0.25, -0.2) is 0 Å². The summed E-state index contributed by atoms with van der Waals surface area (Å²) in [5, 5.41) is 3.21. The Hall–Kier alpha value is -0.223. The standard InChI is InChI=1S/C8H18N2OSi/c1-12(2,3)10-7-5-4-6-8(10)9-11/h8H,4-7H2,1-3H3. The van der Waals surface area contributed by atoms with E-state index in [0.717, 1.165) is 19.4 Å². The summed E-state index contributed by atoms with van der Waals surface area (Å²) < 4.78 is 2.34. The lowest BCUT2D eigenvalue weighted by Crippen LogP contribution is -2.53. The molecular weight excluding hydrogens is 168 g/mol. The molecule has 4 heteroatoms. The Bertz CT molecular complexity index is 167. The fraction of sp³-hybridized carbons (Fsp3) is 1.00. The highest BCUT2D eigenvalue weighted by molar-refractivity contribution is 6.73. The van der Waals surface area contributed by atoms with Crippen molar-refractivity contribution in [3.05, 3.63) is 4.91 Å². The summed E-state index contributed by atoms with van der Waals surface area (Å²) in [4.78, 5) is 10.5. The molecule has 3 nitrogen and oxygen atoms in total. The summed E-state index contributed by atoms with van der Waals surface area (Å²) in [6.45, 7) is 7.90. The fourth-order valence-corrected chi connectivity index (χ4v) is 3.71. The summed E-state index contributed by atoms with van der Waals surface area (Å²) in [5.74, 6) is 0. The van der Waals surface area contributed by atoms with Crippen LogP contribution >= 0.6 is 0 Å². The Balaban J connectivity index is 2.65. The Kier molecular flexibility index (Phi) is 3.01. The molecule has 12 heavy (non-hydrogen) atoms. The molecule has 0 spiro atoms. The smallest absolute Gasteiger partial charge is 0.138 e. The van der Waals surface area contributed by atoms with E-state index >= 15 is 0 Å². The van der Waals surface area contributed by atoms with Crippen LogP contribution in [0, 0.1) is 4.91 Å². The molecule has 0 aliphatic carbocycles. The van der Waals surface area contributed by atoms with Gasteiger partial charge in [-0.05, 0) is 25.8 Å². The Morgan fingerprint density at radius 3 is 2.42 bits per heavy atom. The average molecular weight is 186 g/mol. The molecule has 70 valence electrons. The lowest BCUT2D eigenvalue weighted by atomic mass is 10.1. The number of hydrogen-bond donors (Lipinski definition) is 0. The van der Waals surface area contributed by atoms with Gasteiger partial charge in [-0.15, -0.1) is 4.91 Å². The van der Waals surface area contributed by atoms with Gasteiger partial charge in [-0.2, -0.15) is 0 Å². The van der Waals surface area contributed by atoms with E-state index in [9.17, 15) is 4.91 Å². The SMILES string of the molecule is C[Si](C)(C)N1CCCCC1N=O. The average Bonchev–Trinajstić information content (AvgIpc) is 2.03. The second kappa shape index (κ2) is 3.66. The molecule has 1 atom stereocenters. The molecule has 0 amide bonds. The summed E-state index contributed by atoms with van der Waals surface area (Å²) in [5.41, 5.74) is 0. The number of nitroso groups, excluding NO2 is 1. The first-order chi connectivity index (χ1) is 5.55. The molecule has 0 aromatic rings. The van der Waals surface area contributed by atoms with Gasteiger partial charge in [0.15, 0.2) is 0 Å². The quantitative estimate of drug-likeness (QED) is 0.490. The van der Waals surface area contributed by atoms with Crippen LogP contribution in [0.15, 0.2) is 5.18 Å². The van der Waals surface area contributed by atoms with Gasteiger partial charge < -0.3 is 4.57 Å². The van der Waals surface area contributed by atoms with Crippen molar-refractivity contribution in [1.29, 1.82) is 0 Å². The van der Waals surface area contributed by atoms with E-state index in [0.29, 0.717) is 0 Å². The van der Waals surface area contributed by atoms with Crippen LogP contribution in [-0.2, 0) is 0 Å². The van der Waals surface area contributed by atoms with E-state index in [1.54, 1.807) is 0 Å². The molecule has 0 saturated carbocycles. The van der Waals surface area contributed by atoms with E-state index in [4.69, 9.17) is 0 Å². The number of hydrogen-bond acceptors (Lipinski definition) is 3. The Labute approximate surface area is 75.2 Å². The highest BCUT2D eigenvalue weighted by Crippen LogP contribution is 2.23. The Morgan fingerprint density at radius 2 is 2.00 bits per heavy atom. The molecule has 0 aromatic carbocycles. The van der Waals surface area contributed by atoms with E-state index in [1.807, 2.05) is 0 Å². The normalized spacial score (nSPS) is 27.1. The van der Waals surface area contributed by atoms with Gasteiger partial charge in [0.1, 0.15) is 14.4 Å². The van der Waals surface area contributed by atoms with Gasteiger partial charge in [-0.1, -0.05) is 24.8 Å². The van der Waals surface area contributed by atoms with Gasteiger partial charge in [0.25, 0.3) is 0 Å². The first kappa shape index (κ1) is 9.86. The molecule has 1 aliphatic rings. The number of piperidine rings is 1. The van der Waals surface area contributed by atoms with Gasteiger partial charge >= 0.3 is 0 Å². The van der Waals surface area contributed by atoms with E-state index < -0.39 is 8.24 Å². The van der Waals surface area contributed by atoms with Crippen molar-refractivity contribution in [2.75, 3.05) is 6.54 Å². The van der Waals surface area contributed by atoms with E-state index in [2.05, 4.69) is 29.4 Å². The molecule has 1 aliphatic heterocycles. The molecule has 0 bridgehead atoms. The van der Waals surface area contributed by atoms with Gasteiger partial charge in [0.2, 0.25) is 0 Å². The summed E-state index contributed by atoms with van der Waals surface area (Å²) in [6.07, 6.45) is 3.34. The van der Waals surface area contributed by atoms with Crippen molar-refractivity contribution in [2.45, 2.75) is 45.1 Å². The molecule has 1 rings (SSSR count). The molecule has 1 fully saturated rings. The minimum atomic E-state index is -1.30. The second-order valence-corrected chi connectivity index (χ2v) is 9.36. The molecule has 1 heterocycles. The fourth-order valence-electron chi connectivity index (χ4n) is 1.81. The highest BCUT2D eigenvalue weighted by Gasteiger charge is 2.32. The summed E-state index contributed by atoms with van der Waals surface area (Å²) in [7, 11) is -1.30. The minimum absolute atomic E-state index is 0.0228. The molecule has 0 aromatic heterocycles. The van der Waals surface area contributed by atoms with Crippen molar-refractivity contribution in [3.8, 4) is 0 Å². The molecule has 0 radical (unpaired) electrons. The lowest BCUT2D eigenvalue weighted by molar-refractivity contribution is 0.251. The van der Waals surface area contributed by atoms with Crippen molar-refractivity contribution < 1.29 is 0 Å². The maximum absolute atomic E-state index is 10.5. The third kappa shape index (κ3) is 2.14. The van der Waals surface area contributed by atoms with Crippen molar-refractivity contribution in [1.82, 2.24) is 4.57 Å². The molecule has 1 saturated heterocycles. The van der Waals surface area contributed by atoms with Gasteiger partial charge in [-0.3, -0.25) is 0 Å². The van der Waals surface area contributed by atoms with Crippen molar-refractivity contribution in [3.63, 3.8) is 0 Å². The van der Waals surface area contributed by atoms with Crippen LogP contribution in [0.25, 0.3) is 0 Å². The largest absolute Gasteiger partial charge is 0.301 e. The topological polar surface area (TPSA) is 32.7 Å². The predicted molar refractivity (Wildman–Crippen MR) is 53.5 cm³/mol. The maximum atomic E-state index is 10.5. The zero-order valence-electron chi connectivity index (χ0n) is 8.21. The predicted octanol–water partition coefficient (Wildman–Crippen LogP) is 2.40. The third-order valence-corrected chi connectivity index (χ3v) is 4.70. The van der Waals surface area contributed by atoms with Crippen LogP contribution in [0.3, 0.4) is 0 Å². The minimum Gasteiger partial charge on any atom is -0.301 e. The van der Waals surface area contributed by atoms with Crippen LogP contribution in [-0.4, -0.2) is 25.5 Å². The van der Waals surface area contributed by atoms with E-state index in [1.165, 1.54) is 6.42 Å². The van der Waals surface area contributed by atoms with Gasteiger partial charge in [0.05, 0.1) is 0 Å². The van der Waals surface area contributed by atoms with Crippen LogP contribution in [0.4, 0.5) is 0 Å². The zero-order chi connectivity index (χ0) is 9.19. The first-order valence-electron chi connectivity index (χ1n) is 4.65. The Morgan fingerprint density at radius 1 is 1.33 bits per heavy atom. The number of rotatable bonds is 2. The first-order valence-corrected chi connectivity index (χ1v) is 8.09. The summed E-state index contributed by atoms with van der Waals surface area (Å²) >= 11 is 0. The molecule has 1 unspecified atom stereocenters. The van der Waals surface area contributed by atoms with Crippen LogP contribution in [0.2, 0.25) is 19.6 Å². The number of nitrogens with zero attached hydrogens (tertiary/aromatic N) is 2. The van der Waals surface area contributed by atoms with Crippen LogP contribution in [0.5, 0.6) is 0 Å². The molecule has 0 N–H and O–H groups in total. The second-order valence-electron chi connectivity index (χ2n) is 4.45. The monoisotopic (exact) mass is 186 g/mol. The van der Waals surface area contributed by atoms with Gasteiger partial charge in [0, 0.05) is 0 Å². The molecular formula is C8H18N2OSi. The van der Waals surface area contributed by atoms with Crippen molar-refractivity contribution in [2.24, 2.45) is 5.18 Å². The van der Waals surface area contributed by atoms with Crippen LogP contribution in [0.1, 0.15) is 19.3 Å².